The number of anilines is 1. The molecule has 7 nitrogen and oxygen atoms in total. The molecule has 1 atom stereocenters. The molecule has 3 aromatic rings. The zero-order chi connectivity index (χ0) is 17.1. The van der Waals surface area contributed by atoms with Gasteiger partial charge in [-0.3, -0.25) is 4.98 Å². The summed E-state index contributed by atoms with van der Waals surface area (Å²) in [6.45, 7) is 3.20. The van der Waals surface area contributed by atoms with Gasteiger partial charge in [0.15, 0.2) is 5.76 Å². The normalized spacial score (nSPS) is 16.9. The summed E-state index contributed by atoms with van der Waals surface area (Å²) in [7, 11) is 0. The maximum absolute atomic E-state index is 5.83. The van der Waals surface area contributed by atoms with Gasteiger partial charge in [0, 0.05) is 25.1 Å². The fourth-order valence-corrected chi connectivity index (χ4v) is 2.87. The van der Waals surface area contributed by atoms with Gasteiger partial charge >= 0.3 is 0 Å². The van der Waals surface area contributed by atoms with Crippen LogP contribution in [0, 0.1) is 6.92 Å². The van der Waals surface area contributed by atoms with E-state index in [1.54, 1.807) is 12.4 Å². The van der Waals surface area contributed by atoms with Crippen LogP contribution >= 0.6 is 0 Å². The lowest BCUT2D eigenvalue weighted by Crippen LogP contribution is -2.09. The number of nitrogens with zero attached hydrogens (tertiary/aromatic N) is 4. The summed E-state index contributed by atoms with van der Waals surface area (Å²) >= 11 is 0. The molecule has 4 rings (SSSR count). The summed E-state index contributed by atoms with van der Waals surface area (Å²) < 4.78 is 11.2. The van der Waals surface area contributed by atoms with Crippen LogP contribution in [0.1, 0.15) is 36.0 Å². The van der Waals surface area contributed by atoms with E-state index in [4.69, 9.17) is 14.2 Å². The summed E-state index contributed by atoms with van der Waals surface area (Å²) in [6.07, 6.45) is 5.46. The Balaban J connectivity index is 1.62. The van der Waals surface area contributed by atoms with Crippen LogP contribution in [0.25, 0.3) is 11.3 Å². The lowest BCUT2D eigenvalue weighted by molar-refractivity contribution is 0.109. The van der Waals surface area contributed by atoms with Crippen LogP contribution in [0.4, 0.5) is 5.95 Å². The molecule has 0 saturated carbocycles. The van der Waals surface area contributed by atoms with Crippen LogP contribution < -0.4 is 5.32 Å². The van der Waals surface area contributed by atoms with E-state index in [9.17, 15) is 0 Å². The predicted octanol–water partition coefficient (Wildman–Crippen LogP) is 3.30. The summed E-state index contributed by atoms with van der Waals surface area (Å²) in [4.78, 5) is 13.4. The SMILES string of the molecule is Cc1cc(-c2cnc(NCc3ccccn3)nc2[C@@H]2CCCO2)on1. The van der Waals surface area contributed by atoms with Crippen LogP contribution in [0.3, 0.4) is 0 Å². The summed E-state index contributed by atoms with van der Waals surface area (Å²) in [5.41, 5.74) is 3.42. The van der Waals surface area contributed by atoms with E-state index in [2.05, 4.69) is 20.4 Å². The first kappa shape index (κ1) is 15.7. The quantitative estimate of drug-likeness (QED) is 0.764. The average molecular weight is 337 g/mol. The van der Waals surface area contributed by atoms with E-state index in [0.29, 0.717) is 18.3 Å². The zero-order valence-corrected chi connectivity index (χ0v) is 14.0. The van der Waals surface area contributed by atoms with Crippen molar-refractivity contribution in [1.29, 1.82) is 0 Å². The van der Waals surface area contributed by atoms with E-state index in [1.165, 1.54) is 0 Å². The van der Waals surface area contributed by atoms with Crippen molar-refractivity contribution in [1.82, 2.24) is 20.1 Å². The van der Waals surface area contributed by atoms with Crippen molar-refractivity contribution in [2.24, 2.45) is 0 Å². The van der Waals surface area contributed by atoms with Crippen molar-refractivity contribution in [2.75, 3.05) is 11.9 Å². The maximum Gasteiger partial charge on any atom is 0.223 e. The van der Waals surface area contributed by atoms with Crippen molar-refractivity contribution in [3.05, 3.63) is 53.7 Å². The Morgan fingerprint density at radius 1 is 1.28 bits per heavy atom. The van der Waals surface area contributed by atoms with E-state index in [-0.39, 0.29) is 6.10 Å². The monoisotopic (exact) mass is 337 g/mol. The lowest BCUT2D eigenvalue weighted by Gasteiger charge is -2.14. The van der Waals surface area contributed by atoms with E-state index >= 15 is 0 Å². The van der Waals surface area contributed by atoms with Gasteiger partial charge in [0.1, 0.15) is 6.10 Å². The molecule has 7 heteroatoms. The Labute approximate surface area is 145 Å². The van der Waals surface area contributed by atoms with Crippen LogP contribution in [0.2, 0.25) is 0 Å². The minimum Gasteiger partial charge on any atom is -0.372 e. The largest absolute Gasteiger partial charge is 0.372 e. The Hall–Kier alpha value is -2.80. The second-order valence-corrected chi connectivity index (χ2v) is 6.00. The van der Waals surface area contributed by atoms with E-state index < -0.39 is 0 Å². The van der Waals surface area contributed by atoms with Gasteiger partial charge in [-0.05, 0) is 31.9 Å². The Morgan fingerprint density at radius 3 is 2.96 bits per heavy atom. The second-order valence-electron chi connectivity index (χ2n) is 6.00. The van der Waals surface area contributed by atoms with Crippen molar-refractivity contribution in [2.45, 2.75) is 32.4 Å². The first-order valence-electron chi connectivity index (χ1n) is 8.35. The van der Waals surface area contributed by atoms with E-state index in [1.807, 2.05) is 31.2 Å². The molecule has 1 fully saturated rings. The average Bonchev–Trinajstić information content (AvgIpc) is 3.32. The lowest BCUT2D eigenvalue weighted by atomic mass is 10.1. The second kappa shape index (κ2) is 6.98. The van der Waals surface area contributed by atoms with Gasteiger partial charge in [-0.1, -0.05) is 11.2 Å². The molecule has 25 heavy (non-hydrogen) atoms. The molecule has 1 aliphatic rings. The molecule has 1 saturated heterocycles. The third-order valence-corrected chi connectivity index (χ3v) is 4.10. The molecule has 0 unspecified atom stereocenters. The summed E-state index contributed by atoms with van der Waals surface area (Å²) in [5.74, 6) is 1.22. The van der Waals surface area contributed by atoms with Gasteiger partial charge in [-0.25, -0.2) is 9.97 Å². The molecule has 0 bridgehead atoms. The number of hydrogen-bond acceptors (Lipinski definition) is 7. The van der Waals surface area contributed by atoms with Crippen LogP contribution in [-0.4, -0.2) is 26.7 Å². The van der Waals surface area contributed by atoms with Gasteiger partial charge in [0.05, 0.1) is 29.2 Å². The molecule has 0 aliphatic carbocycles. The van der Waals surface area contributed by atoms with E-state index in [0.717, 1.165) is 42.1 Å². The molecule has 3 aromatic heterocycles. The molecular formula is C18H19N5O2. The van der Waals surface area contributed by atoms with Crippen molar-refractivity contribution >= 4 is 5.95 Å². The first-order valence-corrected chi connectivity index (χ1v) is 8.35. The highest BCUT2D eigenvalue weighted by Crippen LogP contribution is 2.34. The topological polar surface area (TPSA) is 86.0 Å². The molecule has 0 spiro atoms. The molecular weight excluding hydrogens is 318 g/mol. The number of aryl methyl sites for hydroxylation is 1. The standard InChI is InChI=1S/C18H19N5O2/c1-12-9-16(25-23-12)14-11-21-18(20-10-13-5-2-3-7-19-13)22-17(14)15-6-4-8-24-15/h2-3,5,7,9,11,15H,4,6,8,10H2,1H3,(H,20,21,22)/t15-/m0/s1. The third-order valence-electron chi connectivity index (χ3n) is 4.10. The van der Waals surface area contributed by atoms with Gasteiger partial charge in [-0.2, -0.15) is 0 Å². The summed E-state index contributed by atoms with van der Waals surface area (Å²) in [5, 5.41) is 7.19. The van der Waals surface area contributed by atoms with Crippen LogP contribution in [-0.2, 0) is 11.3 Å². The fourth-order valence-electron chi connectivity index (χ4n) is 2.87. The zero-order valence-electron chi connectivity index (χ0n) is 14.0. The number of pyridine rings is 1. The number of ether oxygens (including phenoxy) is 1. The smallest absolute Gasteiger partial charge is 0.223 e. The maximum atomic E-state index is 5.83. The van der Waals surface area contributed by atoms with Gasteiger partial charge < -0.3 is 14.6 Å². The van der Waals surface area contributed by atoms with Crippen LogP contribution in [0.5, 0.6) is 0 Å². The van der Waals surface area contributed by atoms with Crippen LogP contribution in [0.15, 0.2) is 41.2 Å². The van der Waals surface area contributed by atoms with Gasteiger partial charge in [0.2, 0.25) is 5.95 Å². The highest BCUT2D eigenvalue weighted by Gasteiger charge is 2.25. The molecule has 128 valence electrons. The Morgan fingerprint density at radius 2 is 2.24 bits per heavy atom. The van der Waals surface area contributed by atoms with Crippen molar-refractivity contribution < 1.29 is 9.26 Å². The summed E-state index contributed by atoms with van der Waals surface area (Å²) in [6, 6.07) is 7.69. The predicted molar refractivity (Wildman–Crippen MR) is 91.8 cm³/mol. The molecule has 0 radical (unpaired) electrons. The van der Waals surface area contributed by atoms with Crippen molar-refractivity contribution in [3.8, 4) is 11.3 Å². The Bertz CT molecular complexity index is 844. The molecule has 1 N–H and O–H groups in total. The first-order chi connectivity index (χ1) is 12.3. The molecule has 4 heterocycles. The minimum atomic E-state index is -0.0428. The number of rotatable bonds is 5. The molecule has 0 aromatic carbocycles. The van der Waals surface area contributed by atoms with Gasteiger partial charge in [-0.15, -0.1) is 0 Å². The molecule has 0 amide bonds. The minimum absolute atomic E-state index is 0.0428. The number of hydrogen-bond donors (Lipinski definition) is 1. The number of nitrogens with one attached hydrogen (secondary N) is 1. The Kier molecular flexibility index (Phi) is 4.39. The highest BCUT2D eigenvalue weighted by molar-refractivity contribution is 5.61. The fraction of sp³-hybridized carbons (Fsp3) is 0.333. The third kappa shape index (κ3) is 3.51. The molecule has 1 aliphatic heterocycles. The van der Waals surface area contributed by atoms with Gasteiger partial charge in [0.25, 0.3) is 0 Å². The highest BCUT2D eigenvalue weighted by atomic mass is 16.5. The number of aromatic nitrogens is 4. The van der Waals surface area contributed by atoms with Crippen molar-refractivity contribution in [3.63, 3.8) is 0 Å².